The van der Waals surface area contributed by atoms with E-state index in [0.29, 0.717) is 0 Å². The molecule has 0 bridgehead atoms. The molecule has 0 saturated heterocycles. The molecule has 3 rings (SSSR count). The Morgan fingerprint density at radius 1 is 1.45 bits per heavy atom. The van der Waals surface area contributed by atoms with Crippen LogP contribution in [-0.2, 0) is 0 Å². The number of fused-ring (bicyclic) bond motifs is 1. The summed E-state index contributed by atoms with van der Waals surface area (Å²) < 4.78 is 1.69. The van der Waals surface area contributed by atoms with E-state index in [1.54, 1.807) is 10.9 Å². The Kier molecular flexibility index (Phi) is 3.56. The molecule has 0 amide bonds. The molecular formula is C15H20N4O. The second-order valence-corrected chi connectivity index (χ2v) is 5.35. The molecule has 2 heterocycles. The zero-order valence-electron chi connectivity index (χ0n) is 11.7. The van der Waals surface area contributed by atoms with Gasteiger partial charge in [0.25, 0.3) is 0 Å². The Balaban J connectivity index is 2.01. The molecule has 0 radical (unpaired) electrons. The zero-order chi connectivity index (χ0) is 14.1. The van der Waals surface area contributed by atoms with Crippen LogP contribution in [-0.4, -0.2) is 46.5 Å². The van der Waals surface area contributed by atoms with Crippen LogP contribution in [0.25, 0.3) is 16.5 Å². The van der Waals surface area contributed by atoms with Crippen molar-refractivity contribution >= 4 is 16.5 Å². The topological polar surface area (TPSA) is 67.3 Å². The van der Waals surface area contributed by atoms with Crippen molar-refractivity contribution in [2.45, 2.75) is 12.6 Å². The summed E-state index contributed by atoms with van der Waals surface area (Å²) in [6.07, 6.45) is 4.63. The first kappa shape index (κ1) is 13.3. The zero-order valence-corrected chi connectivity index (χ0v) is 11.7. The normalized spacial score (nSPS) is 18.2. The minimum Gasteiger partial charge on any atom is -0.393 e. The van der Waals surface area contributed by atoms with E-state index < -0.39 is 6.17 Å². The summed E-state index contributed by atoms with van der Waals surface area (Å²) in [4.78, 5) is 2.30. The van der Waals surface area contributed by atoms with Gasteiger partial charge in [-0.15, -0.1) is 0 Å². The SMILES string of the molecule is CN1CC=C(c2ccc3cnn(C(N)CO)c3c2)CC1. The number of aliphatic hydroxyl groups is 1. The highest BCUT2D eigenvalue weighted by Gasteiger charge is 2.13. The number of nitrogens with two attached hydrogens (primary N) is 1. The molecule has 1 unspecified atom stereocenters. The molecule has 0 aliphatic carbocycles. The maximum absolute atomic E-state index is 9.21. The fourth-order valence-corrected chi connectivity index (χ4v) is 2.61. The van der Waals surface area contributed by atoms with Crippen molar-refractivity contribution in [3.8, 4) is 0 Å². The summed E-state index contributed by atoms with van der Waals surface area (Å²) in [6.45, 7) is 1.95. The summed E-state index contributed by atoms with van der Waals surface area (Å²) >= 11 is 0. The third kappa shape index (κ3) is 2.35. The molecule has 0 saturated carbocycles. The average molecular weight is 272 g/mol. The molecule has 1 atom stereocenters. The first-order valence-electron chi connectivity index (χ1n) is 6.90. The van der Waals surface area contributed by atoms with Gasteiger partial charge in [0.05, 0.1) is 18.3 Å². The lowest BCUT2D eigenvalue weighted by molar-refractivity contribution is 0.225. The van der Waals surface area contributed by atoms with Crippen molar-refractivity contribution in [2.24, 2.45) is 5.73 Å². The van der Waals surface area contributed by atoms with E-state index in [1.165, 1.54) is 11.1 Å². The number of rotatable bonds is 3. The first-order valence-corrected chi connectivity index (χ1v) is 6.90. The largest absolute Gasteiger partial charge is 0.393 e. The van der Waals surface area contributed by atoms with Crippen molar-refractivity contribution < 1.29 is 5.11 Å². The van der Waals surface area contributed by atoms with Gasteiger partial charge in [0.1, 0.15) is 6.17 Å². The maximum atomic E-state index is 9.21. The van der Waals surface area contributed by atoms with Crippen LogP contribution < -0.4 is 5.73 Å². The van der Waals surface area contributed by atoms with Crippen molar-refractivity contribution in [3.63, 3.8) is 0 Å². The number of hydrogen-bond acceptors (Lipinski definition) is 4. The standard InChI is InChI=1S/C15H20N4O/c1-18-6-4-11(5-7-18)12-2-3-13-9-17-19(14(13)8-12)15(16)10-20/h2-4,8-9,15,20H,5-7,10,16H2,1H3. The van der Waals surface area contributed by atoms with Crippen LogP contribution >= 0.6 is 0 Å². The van der Waals surface area contributed by atoms with E-state index >= 15 is 0 Å². The lowest BCUT2D eigenvalue weighted by Crippen LogP contribution is -2.24. The first-order chi connectivity index (χ1) is 9.69. The number of aromatic nitrogens is 2. The predicted octanol–water partition coefficient (Wildman–Crippen LogP) is 1.20. The number of benzene rings is 1. The fourth-order valence-electron chi connectivity index (χ4n) is 2.61. The third-order valence-corrected chi connectivity index (χ3v) is 3.88. The highest BCUT2D eigenvalue weighted by Crippen LogP contribution is 2.26. The lowest BCUT2D eigenvalue weighted by Gasteiger charge is -2.22. The van der Waals surface area contributed by atoms with Crippen LogP contribution in [0.5, 0.6) is 0 Å². The monoisotopic (exact) mass is 272 g/mol. The quantitative estimate of drug-likeness (QED) is 0.881. The molecule has 106 valence electrons. The van der Waals surface area contributed by atoms with Gasteiger partial charge in [-0.3, -0.25) is 0 Å². The highest BCUT2D eigenvalue weighted by atomic mass is 16.3. The lowest BCUT2D eigenvalue weighted by atomic mass is 9.99. The molecule has 2 aromatic rings. The summed E-state index contributed by atoms with van der Waals surface area (Å²) in [6, 6.07) is 6.32. The molecule has 1 aromatic carbocycles. The Hall–Kier alpha value is -1.69. The molecule has 5 nitrogen and oxygen atoms in total. The molecule has 5 heteroatoms. The number of aliphatic hydroxyl groups excluding tert-OH is 1. The van der Waals surface area contributed by atoms with Crippen LogP contribution in [0.2, 0.25) is 0 Å². The Morgan fingerprint density at radius 3 is 3.00 bits per heavy atom. The Morgan fingerprint density at radius 2 is 2.30 bits per heavy atom. The van der Waals surface area contributed by atoms with Crippen LogP contribution in [0.3, 0.4) is 0 Å². The fraction of sp³-hybridized carbons (Fsp3) is 0.400. The number of nitrogens with zero attached hydrogens (tertiary/aromatic N) is 3. The van der Waals surface area contributed by atoms with Gasteiger partial charge in [0.2, 0.25) is 0 Å². The van der Waals surface area contributed by atoms with Crippen LogP contribution in [0.15, 0.2) is 30.5 Å². The van der Waals surface area contributed by atoms with Gasteiger partial charge >= 0.3 is 0 Å². The van der Waals surface area contributed by atoms with E-state index in [1.807, 2.05) is 0 Å². The van der Waals surface area contributed by atoms with Gasteiger partial charge in [-0.1, -0.05) is 18.2 Å². The van der Waals surface area contributed by atoms with Gasteiger partial charge in [-0.25, -0.2) is 4.68 Å². The minimum absolute atomic E-state index is 0.117. The van der Waals surface area contributed by atoms with Crippen LogP contribution in [0.4, 0.5) is 0 Å². The van der Waals surface area contributed by atoms with E-state index in [2.05, 4.69) is 41.3 Å². The predicted molar refractivity (Wildman–Crippen MR) is 80.1 cm³/mol. The van der Waals surface area contributed by atoms with Crippen molar-refractivity contribution in [1.29, 1.82) is 0 Å². The summed E-state index contributed by atoms with van der Waals surface area (Å²) in [5.74, 6) is 0. The maximum Gasteiger partial charge on any atom is 0.123 e. The Bertz CT molecular complexity index is 646. The molecule has 3 N–H and O–H groups in total. The van der Waals surface area contributed by atoms with E-state index in [4.69, 9.17) is 5.73 Å². The van der Waals surface area contributed by atoms with Gasteiger partial charge in [0, 0.05) is 18.5 Å². The number of likely N-dealkylation sites (N-methyl/N-ethyl adjacent to an activating group) is 1. The van der Waals surface area contributed by atoms with Gasteiger partial charge in [-0.05, 0) is 30.7 Å². The summed E-state index contributed by atoms with van der Waals surface area (Å²) in [7, 11) is 2.13. The van der Waals surface area contributed by atoms with E-state index in [9.17, 15) is 5.11 Å². The van der Waals surface area contributed by atoms with Crippen LogP contribution in [0, 0.1) is 0 Å². The van der Waals surface area contributed by atoms with Gasteiger partial charge in [0.15, 0.2) is 0 Å². The summed E-state index contributed by atoms with van der Waals surface area (Å²) in [5, 5.41) is 14.5. The smallest absolute Gasteiger partial charge is 0.123 e. The second kappa shape index (κ2) is 5.36. The minimum atomic E-state index is -0.491. The van der Waals surface area contributed by atoms with E-state index in [0.717, 1.165) is 30.4 Å². The molecule has 0 spiro atoms. The number of hydrogen-bond donors (Lipinski definition) is 2. The van der Waals surface area contributed by atoms with Crippen molar-refractivity contribution in [1.82, 2.24) is 14.7 Å². The van der Waals surface area contributed by atoms with Crippen molar-refractivity contribution in [2.75, 3.05) is 26.7 Å². The Labute approximate surface area is 118 Å². The highest BCUT2D eigenvalue weighted by molar-refractivity contribution is 5.83. The molecule has 0 fully saturated rings. The van der Waals surface area contributed by atoms with Crippen molar-refractivity contribution in [3.05, 3.63) is 36.0 Å². The summed E-state index contributed by atoms with van der Waals surface area (Å²) in [5.41, 5.74) is 9.45. The van der Waals surface area contributed by atoms with Gasteiger partial charge < -0.3 is 15.7 Å². The molecule has 1 aromatic heterocycles. The molecule has 1 aliphatic heterocycles. The van der Waals surface area contributed by atoms with E-state index in [-0.39, 0.29) is 6.61 Å². The average Bonchev–Trinajstić information content (AvgIpc) is 2.90. The molecule has 1 aliphatic rings. The second-order valence-electron chi connectivity index (χ2n) is 5.35. The van der Waals surface area contributed by atoms with Gasteiger partial charge in [-0.2, -0.15) is 5.10 Å². The van der Waals surface area contributed by atoms with Crippen LogP contribution in [0.1, 0.15) is 18.2 Å². The molecular weight excluding hydrogens is 252 g/mol. The third-order valence-electron chi connectivity index (χ3n) is 3.88. The molecule has 20 heavy (non-hydrogen) atoms.